The predicted molar refractivity (Wildman–Crippen MR) is 143 cm³/mol. The number of nitrogens with two attached hydrogens (primary N) is 2. The molecule has 1 saturated carbocycles. The molecule has 23 heteroatoms. The zero-order chi connectivity index (χ0) is 31.0. The van der Waals surface area contributed by atoms with E-state index in [-0.39, 0.29) is 40.4 Å². The predicted octanol–water partition coefficient (Wildman–Crippen LogP) is 0.00600. The van der Waals surface area contributed by atoms with Crippen LogP contribution in [0.1, 0.15) is 18.7 Å². The van der Waals surface area contributed by atoms with Crippen molar-refractivity contribution in [2.75, 3.05) is 24.7 Å². The van der Waals surface area contributed by atoms with Crippen molar-refractivity contribution in [3.8, 4) is 0 Å². The van der Waals surface area contributed by atoms with Gasteiger partial charge in [-0.15, -0.1) is 0 Å². The van der Waals surface area contributed by atoms with E-state index in [4.69, 9.17) is 34.3 Å². The zero-order valence-electron chi connectivity index (χ0n) is 22.3. The third-order valence-electron chi connectivity index (χ3n) is 7.78. The topological polar surface area (TPSA) is 280 Å². The number of hydrogen-bond donors (Lipinski definition) is 5. The van der Waals surface area contributed by atoms with Crippen LogP contribution in [0.25, 0.3) is 22.3 Å². The fraction of sp³-hybridized carbons (Fsp3) is 0.524. The Labute approximate surface area is 245 Å². The number of halogens is 1. The number of nitrogens with zero attached hydrogens (tertiary/aromatic N) is 8. The van der Waals surface area contributed by atoms with E-state index in [2.05, 4.69) is 29.9 Å². The number of hydrogen-bond acceptors (Lipinski definition) is 16. The standard InChI is InChI=1S/C21H25FN10O10P2/c22-11-16-10(40-21(11)32-7-30-13-18(24)26-5-28-20(13)32)3-39-44(36,37)41-15-8(2-38-43(34,35)42-16)1-9(14(15)33)31-6-29-12-17(23)25-4-27-19(12)31/h4-11,14-16,21,33H,1-3H2,(H,34,35)(H,36,37)(H2,23,25,27)(H2,24,26,28)/t8-,9-,10-,11+,14?,15+,16?,21-/m1/s1. The lowest BCUT2D eigenvalue weighted by Gasteiger charge is -2.28. The van der Waals surface area contributed by atoms with Crippen LogP contribution in [0, 0.1) is 5.92 Å². The van der Waals surface area contributed by atoms with Crippen molar-refractivity contribution in [3.05, 3.63) is 25.3 Å². The monoisotopic (exact) mass is 658 g/mol. The summed E-state index contributed by atoms with van der Waals surface area (Å²) < 4.78 is 71.4. The van der Waals surface area contributed by atoms with Gasteiger partial charge in [0.2, 0.25) is 0 Å². The van der Waals surface area contributed by atoms with E-state index >= 15 is 4.39 Å². The molecule has 7 rings (SSSR count). The van der Waals surface area contributed by atoms with E-state index in [0.717, 1.165) is 6.33 Å². The molecule has 10 atom stereocenters. The second kappa shape index (κ2) is 10.7. The zero-order valence-corrected chi connectivity index (χ0v) is 24.0. The van der Waals surface area contributed by atoms with Crippen LogP contribution in [0.3, 0.4) is 0 Å². The summed E-state index contributed by atoms with van der Waals surface area (Å²) in [6.45, 7) is -1.42. The third-order valence-corrected chi connectivity index (χ3v) is 9.75. The molecule has 7 N–H and O–H groups in total. The number of alkyl halides is 1. The molecule has 0 amide bonds. The number of ether oxygens (including phenoxy) is 1. The van der Waals surface area contributed by atoms with Gasteiger partial charge in [0.25, 0.3) is 0 Å². The number of phosphoric acid groups is 2. The van der Waals surface area contributed by atoms with E-state index in [1.54, 1.807) is 0 Å². The van der Waals surface area contributed by atoms with Crippen molar-refractivity contribution in [3.63, 3.8) is 0 Å². The maximum atomic E-state index is 15.9. The van der Waals surface area contributed by atoms with Crippen LogP contribution in [-0.2, 0) is 32.0 Å². The van der Waals surface area contributed by atoms with Gasteiger partial charge in [-0.3, -0.25) is 22.7 Å². The Balaban J connectivity index is 1.17. The fourth-order valence-corrected chi connectivity index (χ4v) is 7.75. The van der Waals surface area contributed by atoms with Gasteiger partial charge in [-0.25, -0.2) is 43.4 Å². The summed E-state index contributed by atoms with van der Waals surface area (Å²) in [5, 5.41) is 11.2. The highest BCUT2D eigenvalue weighted by atomic mass is 31.2. The Kier molecular flexibility index (Phi) is 7.16. The summed E-state index contributed by atoms with van der Waals surface area (Å²) in [5.74, 6) is -0.835. The van der Waals surface area contributed by atoms with Gasteiger partial charge < -0.3 is 35.7 Å². The van der Waals surface area contributed by atoms with Crippen LogP contribution in [0.5, 0.6) is 0 Å². The Morgan fingerprint density at radius 2 is 1.41 bits per heavy atom. The summed E-state index contributed by atoms with van der Waals surface area (Å²) in [6.07, 6.45) is -5.03. The Hall–Kier alpha value is -3.23. The van der Waals surface area contributed by atoms with Crippen LogP contribution >= 0.6 is 15.6 Å². The molecular formula is C21H25FN10O10P2. The largest absolute Gasteiger partial charge is 0.472 e. The first kappa shape index (κ1) is 29.5. The van der Waals surface area contributed by atoms with E-state index in [9.17, 15) is 24.0 Å². The van der Waals surface area contributed by atoms with Crippen molar-refractivity contribution < 1.29 is 51.2 Å². The van der Waals surface area contributed by atoms with Gasteiger partial charge in [0, 0.05) is 5.92 Å². The number of imidazole rings is 2. The SMILES string of the molecule is Nc1ncnc2c1ncn2[C@@H]1C[C@@H]2COP(=O)(O)OC3[C@@H](COP(=O)(O)O[C@@H]2C1O)O[C@@H](n1cnc2c(N)ncnc21)[C@H]3F. The number of aliphatic hydroxyl groups excluding tert-OH is 1. The second-order valence-electron chi connectivity index (χ2n) is 10.4. The van der Waals surface area contributed by atoms with Crippen LogP contribution in [0.4, 0.5) is 16.0 Å². The van der Waals surface area contributed by atoms with Gasteiger partial charge >= 0.3 is 15.6 Å². The lowest BCUT2D eigenvalue weighted by molar-refractivity contribution is -0.0592. The van der Waals surface area contributed by atoms with Crippen molar-refractivity contribution in [1.82, 2.24) is 39.0 Å². The molecule has 3 fully saturated rings. The molecule has 0 aromatic carbocycles. The van der Waals surface area contributed by atoms with Crippen molar-refractivity contribution >= 4 is 49.6 Å². The number of phosphoric ester groups is 2. The van der Waals surface area contributed by atoms with Crippen LogP contribution in [0.2, 0.25) is 0 Å². The van der Waals surface area contributed by atoms with Gasteiger partial charge in [0.05, 0.1) is 31.9 Å². The molecule has 4 unspecified atom stereocenters. The average Bonchev–Trinajstić information content (AvgIpc) is 3.73. The number of aliphatic hydroxyl groups is 1. The minimum absolute atomic E-state index is 0.00284. The van der Waals surface area contributed by atoms with Gasteiger partial charge in [0.1, 0.15) is 48.1 Å². The van der Waals surface area contributed by atoms with Crippen LogP contribution < -0.4 is 11.5 Å². The van der Waals surface area contributed by atoms with E-state index in [1.807, 2.05) is 0 Å². The minimum Gasteiger partial charge on any atom is -0.388 e. The van der Waals surface area contributed by atoms with Crippen molar-refractivity contribution in [2.24, 2.45) is 5.92 Å². The number of aromatic nitrogens is 8. The highest BCUT2D eigenvalue weighted by Gasteiger charge is 2.54. The summed E-state index contributed by atoms with van der Waals surface area (Å²) >= 11 is 0. The Bertz CT molecular complexity index is 1700. The molecule has 0 radical (unpaired) electrons. The summed E-state index contributed by atoms with van der Waals surface area (Å²) in [7, 11) is -9.97. The number of anilines is 2. The maximum Gasteiger partial charge on any atom is 0.472 e. The molecule has 0 bridgehead atoms. The van der Waals surface area contributed by atoms with Gasteiger partial charge in [-0.2, -0.15) is 0 Å². The average molecular weight is 658 g/mol. The maximum absolute atomic E-state index is 15.9. The third kappa shape index (κ3) is 5.04. The quantitative estimate of drug-likeness (QED) is 0.177. The van der Waals surface area contributed by atoms with Gasteiger partial charge in [-0.05, 0) is 6.42 Å². The molecule has 4 aromatic rings. The molecule has 44 heavy (non-hydrogen) atoms. The molecular weight excluding hydrogens is 633 g/mol. The summed E-state index contributed by atoms with van der Waals surface area (Å²) in [4.78, 5) is 45.3. The Morgan fingerprint density at radius 1 is 0.841 bits per heavy atom. The number of fused-ring (bicyclic) bond motifs is 4. The van der Waals surface area contributed by atoms with Crippen LogP contribution in [-0.4, -0.2) is 97.7 Å². The molecule has 6 heterocycles. The van der Waals surface area contributed by atoms with Gasteiger partial charge in [0.15, 0.2) is 35.3 Å². The molecule has 0 spiro atoms. The smallest absolute Gasteiger partial charge is 0.388 e. The van der Waals surface area contributed by atoms with E-state index in [0.29, 0.717) is 0 Å². The summed E-state index contributed by atoms with van der Waals surface area (Å²) in [5.41, 5.74) is 12.4. The molecule has 2 aliphatic heterocycles. The second-order valence-corrected chi connectivity index (χ2v) is 13.2. The molecule has 20 nitrogen and oxygen atoms in total. The van der Waals surface area contributed by atoms with E-state index in [1.165, 1.54) is 28.1 Å². The molecule has 4 aromatic heterocycles. The highest BCUT2D eigenvalue weighted by molar-refractivity contribution is 7.47. The molecule has 2 saturated heterocycles. The lowest BCUT2D eigenvalue weighted by atomic mass is 10.1. The Morgan fingerprint density at radius 3 is 2.07 bits per heavy atom. The number of nitrogen functional groups attached to an aromatic ring is 2. The summed E-state index contributed by atoms with van der Waals surface area (Å²) in [6, 6.07) is -0.849. The molecule has 236 valence electrons. The first-order chi connectivity index (χ1) is 20.9. The van der Waals surface area contributed by atoms with Crippen LogP contribution in [0.15, 0.2) is 25.3 Å². The molecule has 1 aliphatic carbocycles. The number of rotatable bonds is 2. The first-order valence-corrected chi connectivity index (χ1v) is 16.1. The van der Waals surface area contributed by atoms with Gasteiger partial charge in [-0.1, -0.05) is 0 Å². The highest BCUT2D eigenvalue weighted by Crippen LogP contribution is 2.55. The molecule has 3 aliphatic rings. The van der Waals surface area contributed by atoms with E-state index < -0.39 is 77.6 Å². The minimum atomic E-state index is -5.00. The normalized spacial score (nSPS) is 38.3. The fourth-order valence-electron chi connectivity index (χ4n) is 5.74. The lowest BCUT2D eigenvalue weighted by Crippen LogP contribution is -2.36. The van der Waals surface area contributed by atoms with Crippen molar-refractivity contribution in [1.29, 1.82) is 0 Å². The first-order valence-electron chi connectivity index (χ1n) is 13.1. The van der Waals surface area contributed by atoms with Crippen molar-refractivity contribution in [2.45, 2.75) is 49.3 Å².